The molecule has 0 bridgehead atoms. The van der Waals surface area contributed by atoms with Gasteiger partial charge < -0.3 is 0 Å². The molecular weight excluding hydrogens is 324 g/mol. The highest BCUT2D eigenvalue weighted by Crippen LogP contribution is 2.38. The SMILES string of the molecule is N#CC(C#N)=c1cc/c(=c2\ccc(=C3SC=CS3)s2)s1. The van der Waals surface area contributed by atoms with E-state index in [0.29, 0.717) is 0 Å². The Kier molecular flexibility index (Phi) is 4.00. The van der Waals surface area contributed by atoms with Gasteiger partial charge in [0.15, 0.2) is 0 Å². The van der Waals surface area contributed by atoms with E-state index < -0.39 is 0 Å². The molecule has 0 aromatic carbocycles. The summed E-state index contributed by atoms with van der Waals surface area (Å²) < 4.78 is 5.57. The quantitative estimate of drug-likeness (QED) is 0.743. The fourth-order valence-electron chi connectivity index (χ4n) is 1.64. The minimum atomic E-state index is 0.179. The van der Waals surface area contributed by atoms with Gasteiger partial charge >= 0.3 is 0 Å². The number of thiophene rings is 2. The third kappa shape index (κ3) is 2.56. The average molecular weight is 330 g/mol. The van der Waals surface area contributed by atoms with Crippen molar-refractivity contribution in [1.29, 1.82) is 10.5 Å². The lowest BCUT2D eigenvalue weighted by molar-refractivity contribution is 1.51. The van der Waals surface area contributed by atoms with Crippen molar-refractivity contribution < 1.29 is 0 Å². The number of hydrogen-bond donors (Lipinski definition) is 0. The van der Waals surface area contributed by atoms with Crippen LogP contribution in [-0.2, 0) is 0 Å². The fraction of sp³-hybridized carbons (Fsp3) is 0. The molecule has 0 fully saturated rings. The molecule has 96 valence electrons. The summed E-state index contributed by atoms with van der Waals surface area (Å²) in [6.45, 7) is 0. The highest BCUT2D eigenvalue weighted by atomic mass is 32.2. The zero-order valence-electron chi connectivity index (χ0n) is 9.99. The maximum absolute atomic E-state index is 8.89. The fourth-order valence-corrected chi connectivity index (χ4v) is 5.68. The van der Waals surface area contributed by atoms with Crippen molar-refractivity contribution in [3.8, 4) is 12.1 Å². The van der Waals surface area contributed by atoms with Crippen LogP contribution in [0.25, 0.3) is 9.81 Å². The van der Waals surface area contributed by atoms with Gasteiger partial charge in [-0.25, -0.2) is 0 Å². The van der Waals surface area contributed by atoms with Crippen molar-refractivity contribution >= 4 is 56.0 Å². The second-order valence-electron chi connectivity index (χ2n) is 3.72. The normalized spacial score (nSPS) is 15.0. The minimum absolute atomic E-state index is 0.179. The van der Waals surface area contributed by atoms with Gasteiger partial charge in [-0.3, -0.25) is 0 Å². The molecule has 3 rings (SSSR count). The van der Waals surface area contributed by atoms with Gasteiger partial charge in [0.05, 0.1) is 8.77 Å². The number of rotatable bonds is 0. The molecule has 2 aromatic heterocycles. The van der Waals surface area contributed by atoms with Crippen LogP contribution >= 0.6 is 46.2 Å². The summed E-state index contributed by atoms with van der Waals surface area (Å²) in [6, 6.07) is 11.9. The highest BCUT2D eigenvalue weighted by molar-refractivity contribution is 8.34. The maximum atomic E-state index is 8.89. The van der Waals surface area contributed by atoms with Crippen molar-refractivity contribution in [2.24, 2.45) is 0 Å². The Morgan fingerprint density at radius 3 is 2.10 bits per heavy atom. The summed E-state index contributed by atoms with van der Waals surface area (Å²) >= 11 is 6.72. The van der Waals surface area contributed by atoms with Crippen LogP contribution in [0.1, 0.15) is 0 Å². The molecule has 0 amide bonds. The number of thioether (sulfide) groups is 2. The molecule has 0 saturated heterocycles. The number of hydrogen-bond acceptors (Lipinski definition) is 6. The Balaban J connectivity index is 2.24. The first-order valence-corrected chi connectivity index (χ1v) is 8.94. The van der Waals surface area contributed by atoms with E-state index in [1.165, 1.54) is 24.6 Å². The van der Waals surface area contributed by atoms with Gasteiger partial charge in [-0.15, -0.1) is 22.7 Å². The summed E-state index contributed by atoms with van der Waals surface area (Å²) in [5.41, 5.74) is 0.179. The van der Waals surface area contributed by atoms with Gasteiger partial charge in [-0.05, 0) is 35.1 Å². The largest absolute Gasteiger partial charge is 0.192 e. The Morgan fingerprint density at radius 2 is 1.40 bits per heavy atom. The zero-order valence-corrected chi connectivity index (χ0v) is 13.3. The molecule has 1 aliphatic heterocycles. The smallest absolute Gasteiger partial charge is 0.146 e. The second-order valence-corrected chi connectivity index (χ2v) is 7.98. The van der Waals surface area contributed by atoms with E-state index >= 15 is 0 Å². The highest BCUT2D eigenvalue weighted by Gasteiger charge is 2.04. The van der Waals surface area contributed by atoms with Crippen molar-refractivity contribution in [2.75, 3.05) is 0 Å². The van der Waals surface area contributed by atoms with E-state index in [0.717, 1.165) is 9.06 Å². The number of nitriles is 2. The molecule has 6 heteroatoms. The van der Waals surface area contributed by atoms with Crippen molar-refractivity contribution in [3.05, 3.63) is 53.2 Å². The van der Waals surface area contributed by atoms with Crippen LogP contribution in [0.4, 0.5) is 0 Å². The lowest BCUT2D eigenvalue weighted by Crippen LogP contribution is -1.93. The van der Waals surface area contributed by atoms with E-state index in [9.17, 15) is 0 Å². The summed E-state index contributed by atoms with van der Waals surface area (Å²) in [7, 11) is 0. The van der Waals surface area contributed by atoms with E-state index in [-0.39, 0.29) is 5.57 Å². The summed E-state index contributed by atoms with van der Waals surface area (Å²) in [5.74, 6) is 0. The van der Waals surface area contributed by atoms with E-state index in [1.807, 2.05) is 24.3 Å². The molecule has 0 atom stereocenters. The second kappa shape index (κ2) is 5.90. The third-order valence-electron chi connectivity index (χ3n) is 2.53. The van der Waals surface area contributed by atoms with Gasteiger partial charge in [-0.2, -0.15) is 10.5 Å². The first kappa shape index (κ1) is 13.5. The molecule has 0 spiro atoms. The average Bonchev–Trinajstić information content (AvgIpc) is 3.20. The third-order valence-corrected chi connectivity index (χ3v) is 7.35. The van der Waals surface area contributed by atoms with Gasteiger partial charge in [0.2, 0.25) is 0 Å². The molecular formula is C14H6N2S4. The zero-order chi connectivity index (χ0) is 13.9. The van der Waals surface area contributed by atoms with Crippen LogP contribution in [-0.4, -0.2) is 0 Å². The predicted molar refractivity (Wildman–Crippen MR) is 87.9 cm³/mol. The van der Waals surface area contributed by atoms with Gasteiger partial charge in [0.25, 0.3) is 0 Å². The molecule has 0 saturated carbocycles. The topological polar surface area (TPSA) is 47.6 Å². The van der Waals surface area contributed by atoms with E-state index in [1.54, 1.807) is 34.9 Å². The molecule has 3 heterocycles. The van der Waals surface area contributed by atoms with Crippen LogP contribution in [0.3, 0.4) is 0 Å². The molecule has 0 aliphatic carbocycles. The molecule has 1 aliphatic rings. The van der Waals surface area contributed by atoms with Crippen LogP contribution in [0.5, 0.6) is 0 Å². The first-order chi connectivity index (χ1) is 9.81. The van der Waals surface area contributed by atoms with Crippen LogP contribution in [0.2, 0.25) is 0 Å². The summed E-state index contributed by atoms with van der Waals surface area (Å²) in [5, 5.41) is 22.0. The lowest BCUT2D eigenvalue weighted by Gasteiger charge is -1.87. The monoisotopic (exact) mass is 330 g/mol. The van der Waals surface area contributed by atoms with Crippen molar-refractivity contribution in [3.63, 3.8) is 0 Å². The standard InChI is InChI=1S/C14H6N2S4/c15-7-9(8-16)10-1-2-11(19-10)12-3-4-13(20-12)14-17-5-6-18-14/h1-6H/b12-11-. The Hall–Kier alpha value is -1.44. The van der Waals surface area contributed by atoms with Crippen LogP contribution in [0.15, 0.2) is 35.1 Å². The Morgan fingerprint density at radius 1 is 0.800 bits per heavy atom. The molecule has 20 heavy (non-hydrogen) atoms. The van der Waals surface area contributed by atoms with Crippen LogP contribution < -0.4 is 9.06 Å². The molecule has 2 nitrogen and oxygen atoms in total. The maximum Gasteiger partial charge on any atom is 0.146 e. The predicted octanol–water partition coefficient (Wildman–Crippen LogP) is 3.31. The van der Waals surface area contributed by atoms with E-state index in [4.69, 9.17) is 10.5 Å². The van der Waals surface area contributed by atoms with E-state index in [2.05, 4.69) is 22.9 Å². The molecule has 0 radical (unpaired) electrons. The van der Waals surface area contributed by atoms with Gasteiger partial charge in [0.1, 0.15) is 17.7 Å². The minimum Gasteiger partial charge on any atom is -0.192 e. The van der Waals surface area contributed by atoms with Crippen LogP contribution in [0, 0.1) is 31.7 Å². The van der Waals surface area contributed by atoms with Gasteiger partial charge in [-0.1, -0.05) is 23.5 Å². The molecule has 0 unspecified atom stereocenters. The first-order valence-electron chi connectivity index (χ1n) is 5.55. The summed E-state index contributed by atoms with van der Waals surface area (Å²) in [4.78, 5) is 0. The lowest BCUT2D eigenvalue weighted by atomic mass is 10.3. The number of nitrogens with zero attached hydrogens (tertiary/aromatic N) is 2. The summed E-state index contributed by atoms with van der Waals surface area (Å²) in [6.07, 6.45) is 0. The molecule has 0 N–H and O–H groups in total. The van der Waals surface area contributed by atoms with Gasteiger partial charge in [0, 0.05) is 13.6 Å². The molecule has 2 aromatic rings. The van der Waals surface area contributed by atoms with Crippen molar-refractivity contribution in [2.45, 2.75) is 0 Å². The van der Waals surface area contributed by atoms with Crippen molar-refractivity contribution in [1.82, 2.24) is 0 Å². The Bertz CT molecular complexity index is 954. The Labute approximate surface area is 131 Å².